The van der Waals surface area contributed by atoms with E-state index < -0.39 is 12.0 Å². The lowest BCUT2D eigenvalue weighted by atomic mass is 10.1. The van der Waals surface area contributed by atoms with Crippen molar-refractivity contribution in [3.05, 3.63) is 29.6 Å². The number of nitrogens with zero attached hydrogens (tertiary/aromatic N) is 1. The van der Waals surface area contributed by atoms with Gasteiger partial charge in [-0.25, -0.2) is 0 Å². The summed E-state index contributed by atoms with van der Waals surface area (Å²) in [5.74, 6) is -0.975. The second-order valence-corrected chi connectivity index (χ2v) is 3.20. The molecular formula is C10H12N2O3. The lowest BCUT2D eigenvalue weighted by Gasteiger charge is -2.12. The average Bonchev–Trinajstić information content (AvgIpc) is 2.17. The number of hydrogen-bond acceptors (Lipinski definition) is 3. The van der Waals surface area contributed by atoms with Crippen LogP contribution in [0.15, 0.2) is 18.3 Å². The molecule has 80 valence electrons. The number of carboxylic acid groups (broad SMARTS) is 1. The Bertz CT molecular complexity index is 348. The Morgan fingerprint density at radius 3 is 2.87 bits per heavy atom. The van der Waals surface area contributed by atoms with E-state index in [0.717, 1.165) is 5.56 Å². The number of aliphatic carboxylic acids is 1. The van der Waals surface area contributed by atoms with Gasteiger partial charge in [-0.2, -0.15) is 0 Å². The zero-order valence-corrected chi connectivity index (χ0v) is 8.30. The molecular weight excluding hydrogens is 196 g/mol. The molecule has 1 atom stereocenters. The Balaban J connectivity index is 2.83. The number of hydrogen-bond donors (Lipinski definition) is 2. The van der Waals surface area contributed by atoms with Gasteiger partial charge in [0.2, 0.25) is 6.41 Å². The first-order valence-electron chi connectivity index (χ1n) is 4.47. The van der Waals surface area contributed by atoms with Crippen molar-refractivity contribution in [3.63, 3.8) is 0 Å². The first kappa shape index (κ1) is 11.2. The van der Waals surface area contributed by atoms with Crippen molar-refractivity contribution >= 4 is 12.4 Å². The van der Waals surface area contributed by atoms with E-state index in [1.54, 1.807) is 12.3 Å². The van der Waals surface area contributed by atoms with Gasteiger partial charge in [0.25, 0.3) is 0 Å². The predicted molar refractivity (Wildman–Crippen MR) is 53.2 cm³/mol. The van der Waals surface area contributed by atoms with Gasteiger partial charge in [-0.05, 0) is 18.6 Å². The molecule has 1 heterocycles. The summed E-state index contributed by atoms with van der Waals surface area (Å²) in [7, 11) is 0. The smallest absolute Gasteiger partial charge is 0.305 e. The van der Waals surface area contributed by atoms with Gasteiger partial charge in [0.1, 0.15) is 0 Å². The maximum absolute atomic E-state index is 10.5. The van der Waals surface area contributed by atoms with Gasteiger partial charge in [-0.3, -0.25) is 14.6 Å². The molecule has 0 aliphatic heterocycles. The Morgan fingerprint density at radius 2 is 2.40 bits per heavy atom. The third-order valence-corrected chi connectivity index (χ3v) is 1.94. The van der Waals surface area contributed by atoms with Gasteiger partial charge in [0, 0.05) is 6.20 Å². The van der Waals surface area contributed by atoms with Crippen molar-refractivity contribution in [2.75, 3.05) is 0 Å². The molecule has 0 saturated heterocycles. The van der Waals surface area contributed by atoms with Crippen LogP contribution in [-0.2, 0) is 9.59 Å². The topological polar surface area (TPSA) is 79.3 Å². The number of amides is 1. The van der Waals surface area contributed by atoms with Crippen LogP contribution in [0.3, 0.4) is 0 Å². The van der Waals surface area contributed by atoms with E-state index in [1.165, 1.54) is 0 Å². The fourth-order valence-corrected chi connectivity index (χ4v) is 1.19. The van der Waals surface area contributed by atoms with Crippen molar-refractivity contribution in [2.24, 2.45) is 0 Å². The molecule has 1 amide bonds. The monoisotopic (exact) mass is 208 g/mol. The fraction of sp³-hybridized carbons (Fsp3) is 0.300. The maximum atomic E-state index is 10.5. The second kappa shape index (κ2) is 5.09. The molecule has 0 aromatic carbocycles. The summed E-state index contributed by atoms with van der Waals surface area (Å²) < 4.78 is 0. The van der Waals surface area contributed by atoms with Crippen LogP contribution in [0, 0.1) is 6.92 Å². The summed E-state index contributed by atoms with van der Waals surface area (Å²) in [6, 6.07) is 2.96. The average molecular weight is 208 g/mol. The molecule has 1 aromatic heterocycles. The van der Waals surface area contributed by atoms with Crippen LogP contribution in [0.2, 0.25) is 0 Å². The number of carbonyl (C=O) groups excluding carboxylic acids is 1. The summed E-state index contributed by atoms with van der Waals surface area (Å²) in [4.78, 5) is 24.9. The van der Waals surface area contributed by atoms with E-state index in [4.69, 9.17) is 5.11 Å². The Kier molecular flexibility index (Phi) is 3.79. The van der Waals surface area contributed by atoms with Crippen LogP contribution in [0.5, 0.6) is 0 Å². The number of aryl methyl sites for hydroxylation is 1. The highest BCUT2D eigenvalue weighted by atomic mass is 16.4. The van der Waals surface area contributed by atoms with Gasteiger partial charge in [0.05, 0.1) is 18.2 Å². The molecule has 1 rings (SSSR count). The number of carboxylic acids is 1. The Labute approximate surface area is 87.1 Å². The highest BCUT2D eigenvalue weighted by Crippen LogP contribution is 2.13. The highest BCUT2D eigenvalue weighted by Gasteiger charge is 2.15. The molecule has 0 spiro atoms. The van der Waals surface area contributed by atoms with Gasteiger partial charge in [0.15, 0.2) is 0 Å². The van der Waals surface area contributed by atoms with Crippen molar-refractivity contribution in [1.29, 1.82) is 0 Å². The molecule has 0 fully saturated rings. The lowest BCUT2D eigenvalue weighted by molar-refractivity contribution is -0.137. The van der Waals surface area contributed by atoms with Crippen molar-refractivity contribution in [3.8, 4) is 0 Å². The summed E-state index contributed by atoms with van der Waals surface area (Å²) in [5, 5.41) is 11.1. The predicted octanol–water partition coefficient (Wildman–Crippen LogP) is 0.652. The molecule has 0 bridgehead atoms. The standard InChI is InChI=1S/C10H12N2O3/c1-7-2-3-8(11-5-7)9(12-6-13)4-10(14)15/h2-3,5-6,9H,4H2,1H3,(H,12,13)(H,14,15)/t9-/m1/s1. The summed E-state index contributed by atoms with van der Waals surface area (Å²) in [6.07, 6.45) is 1.95. The maximum Gasteiger partial charge on any atom is 0.305 e. The van der Waals surface area contributed by atoms with Gasteiger partial charge in [-0.15, -0.1) is 0 Å². The molecule has 0 saturated carbocycles. The molecule has 5 nitrogen and oxygen atoms in total. The van der Waals surface area contributed by atoms with E-state index in [1.807, 2.05) is 13.0 Å². The number of rotatable bonds is 5. The highest BCUT2D eigenvalue weighted by molar-refractivity contribution is 5.68. The minimum atomic E-state index is -0.975. The summed E-state index contributed by atoms with van der Waals surface area (Å²) >= 11 is 0. The van der Waals surface area contributed by atoms with Gasteiger partial charge >= 0.3 is 5.97 Å². The first-order chi connectivity index (χ1) is 7.13. The molecule has 5 heteroatoms. The zero-order chi connectivity index (χ0) is 11.3. The van der Waals surface area contributed by atoms with Crippen LogP contribution < -0.4 is 5.32 Å². The van der Waals surface area contributed by atoms with Crippen LogP contribution in [0.1, 0.15) is 23.7 Å². The van der Waals surface area contributed by atoms with E-state index in [2.05, 4.69) is 10.3 Å². The minimum absolute atomic E-state index is 0.172. The van der Waals surface area contributed by atoms with Crippen LogP contribution in [-0.4, -0.2) is 22.5 Å². The Hall–Kier alpha value is -1.91. The fourth-order valence-electron chi connectivity index (χ4n) is 1.19. The van der Waals surface area contributed by atoms with Crippen LogP contribution in [0.25, 0.3) is 0 Å². The van der Waals surface area contributed by atoms with E-state index in [9.17, 15) is 9.59 Å². The SMILES string of the molecule is Cc1ccc([C@@H](CC(=O)O)NC=O)nc1. The van der Waals surface area contributed by atoms with Gasteiger partial charge in [-0.1, -0.05) is 6.07 Å². The van der Waals surface area contributed by atoms with Crippen molar-refractivity contribution < 1.29 is 14.7 Å². The number of aromatic nitrogens is 1. The third-order valence-electron chi connectivity index (χ3n) is 1.94. The number of pyridine rings is 1. The molecule has 2 N–H and O–H groups in total. The molecule has 0 unspecified atom stereocenters. The van der Waals surface area contributed by atoms with Crippen LogP contribution >= 0.6 is 0 Å². The van der Waals surface area contributed by atoms with E-state index >= 15 is 0 Å². The minimum Gasteiger partial charge on any atom is -0.481 e. The first-order valence-corrected chi connectivity index (χ1v) is 4.47. The number of nitrogens with one attached hydrogen (secondary N) is 1. The largest absolute Gasteiger partial charge is 0.481 e. The van der Waals surface area contributed by atoms with Gasteiger partial charge < -0.3 is 10.4 Å². The molecule has 0 radical (unpaired) electrons. The second-order valence-electron chi connectivity index (χ2n) is 3.20. The van der Waals surface area contributed by atoms with E-state index in [0.29, 0.717) is 12.1 Å². The quantitative estimate of drug-likeness (QED) is 0.696. The molecule has 0 aliphatic rings. The summed E-state index contributed by atoms with van der Waals surface area (Å²) in [6.45, 7) is 1.89. The normalized spacial score (nSPS) is 11.8. The van der Waals surface area contributed by atoms with E-state index in [-0.39, 0.29) is 6.42 Å². The molecule has 0 aliphatic carbocycles. The summed E-state index contributed by atoms with van der Waals surface area (Å²) in [5.41, 5.74) is 1.54. The molecule has 15 heavy (non-hydrogen) atoms. The van der Waals surface area contributed by atoms with Crippen molar-refractivity contribution in [1.82, 2.24) is 10.3 Å². The molecule has 1 aromatic rings. The lowest BCUT2D eigenvalue weighted by Crippen LogP contribution is -2.23. The Morgan fingerprint density at radius 1 is 1.67 bits per heavy atom. The van der Waals surface area contributed by atoms with Crippen molar-refractivity contribution in [2.45, 2.75) is 19.4 Å². The number of carbonyl (C=O) groups is 2. The third kappa shape index (κ3) is 3.38. The van der Waals surface area contributed by atoms with Crippen LogP contribution in [0.4, 0.5) is 0 Å². The zero-order valence-electron chi connectivity index (χ0n) is 8.30.